The molecule has 1 aliphatic rings. The van der Waals surface area contributed by atoms with E-state index in [1.165, 1.54) is 0 Å². The van der Waals surface area contributed by atoms with Gasteiger partial charge in [0.15, 0.2) is 0 Å². The lowest BCUT2D eigenvalue weighted by Gasteiger charge is -2.33. The Morgan fingerprint density at radius 2 is 2.00 bits per heavy atom. The first-order valence-corrected chi connectivity index (χ1v) is 7.08. The average molecular weight is 241 g/mol. The van der Waals surface area contributed by atoms with E-state index in [2.05, 4.69) is 25.7 Å². The molecule has 0 spiro atoms. The molecule has 1 heterocycles. The van der Waals surface area contributed by atoms with Crippen molar-refractivity contribution in [1.82, 2.24) is 4.90 Å². The van der Waals surface area contributed by atoms with E-state index in [1.807, 2.05) is 0 Å². The van der Waals surface area contributed by atoms with Gasteiger partial charge in [0.2, 0.25) is 5.91 Å². The molecule has 1 aliphatic heterocycles. The Morgan fingerprint density at radius 1 is 1.35 bits per heavy atom. The van der Waals surface area contributed by atoms with Crippen molar-refractivity contribution < 1.29 is 9.53 Å². The zero-order chi connectivity index (χ0) is 12.7. The molecule has 1 fully saturated rings. The van der Waals surface area contributed by atoms with Crippen LogP contribution >= 0.6 is 0 Å². The van der Waals surface area contributed by atoms with Gasteiger partial charge < -0.3 is 9.64 Å². The quantitative estimate of drug-likeness (QED) is 0.715. The maximum absolute atomic E-state index is 12.5. The molecule has 0 saturated carbocycles. The Morgan fingerprint density at radius 3 is 2.53 bits per heavy atom. The van der Waals surface area contributed by atoms with Crippen molar-refractivity contribution in [1.29, 1.82) is 0 Å². The third-order valence-corrected chi connectivity index (χ3v) is 3.73. The lowest BCUT2D eigenvalue weighted by Crippen LogP contribution is -2.44. The average Bonchev–Trinajstić information content (AvgIpc) is 2.39. The first kappa shape index (κ1) is 14.5. The van der Waals surface area contributed by atoms with Gasteiger partial charge in [-0.1, -0.05) is 20.3 Å². The van der Waals surface area contributed by atoms with Gasteiger partial charge in [-0.05, 0) is 32.6 Å². The minimum absolute atomic E-state index is 0.203. The fraction of sp³-hybridized carbons (Fsp3) is 0.929. The van der Waals surface area contributed by atoms with Crippen molar-refractivity contribution in [3.63, 3.8) is 0 Å². The van der Waals surface area contributed by atoms with Crippen LogP contribution in [-0.4, -0.2) is 36.6 Å². The molecule has 17 heavy (non-hydrogen) atoms. The smallest absolute Gasteiger partial charge is 0.226 e. The van der Waals surface area contributed by atoms with Gasteiger partial charge in [0.25, 0.3) is 0 Å². The van der Waals surface area contributed by atoms with E-state index in [0.29, 0.717) is 11.9 Å². The second-order valence-electron chi connectivity index (χ2n) is 5.03. The largest absolute Gasteiger partial charge is 0.381 e. The van der Waals surface area contributed by atoms with Gasteiger partial charge in [0.1, 0.15) is 0 Å². The van der Waals surface area contributed by atoms with Crippen LogP contribution < -0.4 is 0 Å². The van der Waals surface area contributed by atoms with E-state index >= 15 is 0 Å². The molecule has 3 nitrogen and oxygen atoms in total. The van der Waals surface area contributed by atoms with E-state index in [9.17, 15) is 4.79 Å². The lowest BCUT2D eigenvalue weighted by molar-refractivity contribution is -0.140. The summed E-state index contributed by atoms with van der Waals surface area (Å²) in [5.41, 5.74) is 0. The molecule has 0 aromatic heterocycles. The van der Waals surface area contributed by atoms with Gasteiger partial charge >= 0.3 is 0 Å². The summed E-state index contributed by atoms with van der Waals surface area (Å²) in [5.74, 6) is 0.561. The van der Waals surface area contributed by atoms with Crippen LogP contribution in [0.1, 0.15) is 52.9 Å². The summed E-state index contributed by atoms with van der Waals surface area (Å²) in [6, 6.07) is 0.372. The molecule has 1 saturated heterocycles. The standard InChI is InChI=1S/C14H27NO2/c1-4-6-9-15(12(3)5-2)14(16)13-7-10-17-11-8-13/h12-13H,4-11H2,1-3H3. The van der Waals surface area contributed by atoms with Crippen molar-refractivity contribution in [3.05, 3.63) is 0 Å². The topological polar surface area (TPSA) is 29.5 Å². The maximum atomic E-state index is 12.5. The summed E-state index contributed by atoms with van der Waals surface area (Å²) in [7, 11) is 0. The summed E-state index contributed by atoms with van der Waals surface area (Å²) in [4.78, 5) is 14.6. The molecule has 0 aromatic carbocycles. The number of hydrogen-bond donors (Lipinski definition) is 0. The minimum atomic E-state index is 0.203. The Kier molecular flexibility index (Phi) is 6.56. The summed E-state index contributed by atoms with van der Waals surface area (Å²) in [6.45, 7) is 8.90. The Balaban J connectivity index is 2.56. The summed E-state index contributed by atoms with van der Waals surface area (Å²) in [5, 5.41) is 0. The van der Waals surface area contributed by atoms with Crippen LogP contribution in [0.15, 0.2) is 0 Å². The first-order chi connectivity index (χ1) is 8.20. The van der Waals surface area contributed by atoms with E-state index in [1.54, 1.807) is 0 Å². The number of rotatable bonds is 6. The van der Waals surface area contributed by atoms with Gasteiger partial charge in [-0.25, -0.2) is 0 Å². The van der Waals surface area contributed by atoms with Gasteiger partial charge in [-0.2, -0.15) is 0 Å². The fourth-order valence-corrected chi connectivity index (χ4v) is 2.28. The number of hydrogen-bond acceptors (Lipinski definition) is 2. The molecule has 1 unspecified atom stereocenters. The van der Waals surface area contributed by atoms with Crippen molar-refractivity contribution in [3.8, 4) is 0 Å². The maximum Gasteiger partial charge on any atom is 0.226 e. The van der Waals surface area contributed by atoms with Crippen LogP contribution in [0.5, 0.6) is 0 Å². The molecule has 0 aromatic rings. The Bertz CT molecular complexity index is 224. The molecule has 0 N–H and O–H groups in total. The number of carbonyl (C=O) groups excluding carboxylic acids is 1. The molecule has 3 heteroatoms. The number of amides is 1. The van der Waals surface area contributed by atoms with E-state index in [-0.39, 0.29) is 5.92 Å². The normalized spacial score (nSPS) is 19.0. The van der Waals surface area contributed by atoms with Crippen LogP contribution in [0.2, 0.25) is 0 Å². The summed E-state index contributed by atoms with van der Waals surface area (Å²) >= 11 is 0. The van der Waals surface area contributed by atoms with Crippen molar-refractivity contribution in [2.45, 2.75) is 58.9 Å². The van der Waals surface area contributed by atoms with Crippen LogP contribution in [0.3, 0.4) is 0 Å². The molecule has 1 atom stereocenters. The van der Waals surface area contributed by atoms with Gasteiger partial charge in [-0.3, -0.25) is 4.79 Å². The highest BCUT2D eigenvalue weighted by atomic mass is 16.5. The van der Waals surface area contributed by atoms with Crippen molar-refractivity contribution in [2.75, 3.05) is 19.8 Å². The van der Waals surface area contributed by atoms with E-state index in [4.69, 9.17) is 4.74 Å². The number of nitrogens with zero attached hydrogens (tertiary/aromatic N) is 1. The van der Waals surface area contributed by atoms with Gasteiger partial charge in [-0.15, -0.1) is 0 Å². The SMILES string of the molecule is CCCCN(C(=O)C1CCOCC1)C(C)CC. The van der Waals surface area contributed by atoms with Crippen molar-refractivity contribution in [2.24, 2.45) is 5.92 Å². The van der Waals surface area contributed by atoms with Crippen molar-refractivity contribution >= 4 is 5.91 Å². The summed E-state index contributed by atoms with van der Waals surface area (Å²) in [6.07, 6.45) is 5.10. The van der Waals surface area contributed by atoms with Gasteiger partial charge in [0, 0.05) is 31.7 Å². The minimum Gasteiger partial charge on any atom is -0.381 e. The second kappa shape index (κ2) is 7.70. The molecular weight excluding hydrogens is 214 g/mol. The second-order valence-corrected chi connectivity index (χ2v) is 5.03. The van der Waals surface area contributed by atoms with Crippen LogP contribution in [0.25, 0.3) is 0 Å². The molecular formula is C14H27NO2. The predicted octanol–water partition coefficient (Wildman–Crippen LogP) is 2.84. The third kappa shape index (κ3) is 4.30. The van der Waals surface area contributed by atoms with E-state index < -0.39 is 0 Å². The monoisotopic (exact) mass is 241 g/mol. The highest BCUT2D eigenvalue weighted by Gasteiger charge is 2.28. The Hall–Kier alpha value is -0.570. The molecule has 100 valence electrons. The molecule has 1 rings (SSSR count). The predicted molar refractivity (Wildman–Crippen MR) is 69.9 cm³/mol. The first-order valence-electron chi connectivity index (χ1n) is 7.08. The fourth-order valence-electron chi connectivity index (χ4n) is 2.28. The molecule has 1 amide bonds. The van der Waals surface area contributed by atoms with E-state index in [0.717, 1.165) is 51.9 Å². The third-order valence-electron chi connectivity index (χ3n) is 3.73. The Labute approximate surface area is 106 Å². The zero-order valence-corrected chi connectivity index (χ0v) is 11.6. The molecule has 0 radical (unpaired) electrons. The number of ether oxygens (including phenoxy) is 1. The van der Waals surface area contributed by atoms with Crippen LogP contribution in [-0.2, 0) is 9.53 Å². The number of carbonyl (C=O) groups is 1. The number of unbranched alkanes of at least 4 members (excludes halogenated alkanes) is 1. The zero-order valence-electron chi connectivity index (χ0n) is 11.6. The lowest BCUT2D eigenvalue weighted by atomic mass is 9.97. The highest BCUT2D eigenvalue weighted by Crippen LogP contribution is 2.20. The van der Waals surface area contributed by atoms with Crippen LogP contribution in [0, 0.1) is 5.92 Å². The van der Waals surface area contributed by atoms with Crippen LogP contribution in [0.4, 0.5) is 0 Å². The molecule has 0 bridgehead atoms. The van der Waals surface area contributed by atoms with Gasteiger partial charge in [0.05, 0.1) is 0 Å². The highest BCUT2D eigenvalue weighted by molar-refractivity contribution is 5.79. The summed E-state index contributed by atoms with van der Waals surface area (Å²) < 4.78 is 5.33. The molecule has 0 aliphatic carbocycles.